The first kappa shape index (κ1) is 36.1. The van der Waals surface area contributed by atoms with Gasteiger partial charge in [-0.25, -0.2) is 0 Å². The molecule has 11 aromatic carbocycles. The number of benzene rings is 11. The molecule has 61 heavy (non-hydrogen) atoms. The summed E-state index contributed by atoms with van der Waals surface area (Å²) in [5, 5.41) is 7.51. The van der Waals surface area contributed by atoms with E-state index in [0.29, 0.717) is 0 Å². The summed E-state index contributed by atoms with van der Waals surface area (Å²) in [6, 6.07) is 90.4. The van der Waals surface area contributed by atoms with Crippen LogP contribution in [0.4, 0.5) is 17.1 Å². The first-order chi connectivity index (χ1) is 30.2. The van der Waals surface area contributed by atoms with Crippen LogP contribution in [0.25, 0.3) is 88.0 Å². The van der Waals surface area contributed by atoms with Crippen LogP contribution in [-0.2, 0) is 0 Å². The highest BCUT2D eigenvalue weighted by Crippen LogP contribution is 2.42. The lowest BCUT2D eigenvalue weighted by Crippen LogP contribution is -2.10. The molecule has 0 unspecified atom stereocenters. The minimum atomic E-state index is 1.09. The maximum absolute atomic E-state index is 2.38. The average Bonchev–Trinajstić information content (AvgIpc) is 3.34. The van der Waals surface area contributed by atoms with Gasteiger partial charge in [0.05, 0.1) is 0 Å². The molecule has 11 rings (SSSR count). The lowest BCUT2D eigenvalue weighted by Gasteiger charge is -2.27. The molecular weight excluding hydrogens is 735 g/mol. The van der Waals surface area contributed by atoms with Crippen LogP contribution in [0.1, 0.15) is 0 Å². The van der Waals surface area contributed by atoms with E-state index in [4.69, 9.17) is 0 Å². The van der Waals surface area contributed by atoms with Crippen molar-refractivity contribution in [1.29, 1.82) is 0 Å². The van der Waals surface area contributed by atoms with Crippen molar-refractivity contribution >= 4 is 49.4 Å². The smallest absolute Gasteiger partial charge is 0.0467 e. The fourth-order valence-corrected chi connectivity index (χ4v) is 9.08. The minimum absolute atomic E-state index is 1.09. The number of fused-ring (bicyclic) bond motifs is 3. The first-order valence-electron chi connectivity index (χ1n) is 21.0. The molecule has 0 spiro atoms. The molecule has 0 aliphatic carbocycles. The lowest BCUT2D eigenvalue weighted by atomic mass is 9.90. The number of anilines is 3. The molecular formula is C60H41N. The second-order valence-corrected chi connectivity index (χ2v) is 15.7. The monoisotopic (exact) mass is 775 g/mol. The molecule has 0 fully saturated rings. The number of hydrogen-bond acceptors (Lipinski definition) is 1. The maximum Gasteiger partial charge on any atom is 0.0467 e. The quantitative estimate of drug-likeness (QED) is 0.149. The molecule has 0 aromatic heterocycles. The highest BCUT2D eigenvalue weighted by molar-refractivity contribution is 6.04. The highest BCUT2D eigenvalue weighted by atomic mass is 15.1. The van der Waals surface area contributed by atoms with E-state index >= 15 is 0 Å². The molecule has 0 radical (unpaired) electrons. The summed E-state index contributed by atoms with van der Waals surface area (Å²) < 4.78 is 0. The Hall–Kier alpha value is -8.00. The van der Waals surface area contributed by atoms with Gasteiger partial charge in [0.1, 0.15) is 0 Å². The third kappa shape index (κ3) is 6.83. The predicted octanol–water partition coefficient (Wildman–Crippen LogP) is 17.0. The van der Waals surface area contributed by atoms with E-state index in [1.165, 1.54) is 88.0 Å². The Morgan fingerprint density at radius 1 is 0.213 bits per heavy atom. The van der Waals surface area contributed by atoms with E-state index in [1.807, 2.05) is 0 Å². The molecule has 1 heteroatoms. The summed E-state index contributed by atoms with van der Waals surface area (Å²) in [6.07, 6.45) is 0. The van der Waals surface area contributed by atoms with Crippen molar-refractivity contribution in [3.63, 3.8) is 0 Å². The Balaban J connectivity index is 0.990. The molecule has 11 aromatic rings. The van der Waals surface area contributed by atoms with Gasteiger partial charge in [0, 0.05) is 17.1 Å². The second-order valence-electron chi connectivity index (χ2n) is 15.7. The molecule has 0 aliphatic heterocycles. The van der Waals surface area contributed by atoms with Gasteiger partial charge in [0.25, 0.3) is 0 Å². The SMILES string of the molecule is c1ccc(-c2c(-c3ccc(N(c4ccc(-c5ccc(-c6cccc7ccccc67)cc5)cc4)c4cccc(-c5cccc6ccccc56)c4)cc3)ccc3ccccc23)cc1. The molecule has 0 heterocycles. The zero-order chi connectivity index (χ0) is 40.5. The fourth-order valence-electron chi connectivity index (χ4n) is 9.08. The summed E-state index contributed by atoms with van der Waals surface area (Å²) in [6.45, 7) is 0. The number of nitrogens with zero attached hydrogens (tertiary/aromatic N) is 1. The molecule has 0 saturated heterocycles. The summed E-state index contributed by atoms with van der Waals surface area (Å²) in [5.41, 5.74) is 15.4. The lowest BCUT2D eigenvalue weighted by molar-refractivity contribution is 1.28. The summed E-state index contributed by atoms with van der Waals surface area (Å²) in [7, 11) is 0. The predicted molar refractivity (Wildman–Crippen MR) is 261 cm³/mol. The fraction of sp³-hybridized carbons (Fsp3) is 0. The van der Waals surface area contributed by atoms with Gasteiger partial charge in [-0.15, -0.1) is 0 Å². The van der Waals surface area contributed by atoms with Gasteiger partial charge in [0.2, 0.25) is 0 Å². The van der Waals surface area contributed by atoms with Crippen LogP contribution >= 0.6 is 0 Å². The van der Waals surface area contributed by atoms with E-state index in [-0.39, 0.29) is 0 Å². The first-order valence-corrected chi connectivity index (χ1v) is 21.0. The van der Waals surface area contributed by atoms with Crippen molar-refractivity contribution in [2.24, 2.45) is 0 Å². The number of hydrogen-bond donors (Lipinski definition) is 0. The van der Waals surface area contributed by atoms with Gasteiger partial charge >= 0.3 is 0 Å². The molecule has 286 valence electrons. The van der Waals surface area contributed by atoms with Gasteiger partial charge in [-0.3, -0.25) is 0 Å². The van der Waals surface area contributed by atoms with Crippen LogP contribution < -0.4 is 4.90 Å². The van der Waals surface area contributed by atoms with Crippen LogP contribution in [-0.4, -0.2) is 0 Å². The normalized spacial score (nSPS) is 11.3. The van der Waals surface area contributed by atoms with Gasteiger partial charge in [0.15, 0.2) is 0 Å². The van der Waals surface area contributed by atoms with Crippen molar-refractivity contribution in [3.8, 4) is 55.6 Å². The summed E-state index contributed by atoms with van der Waals surface area (Å²) >= 11 is 0. The van der Waals surface area contributed by atoms with Gasteiger partial charge in [-0.05, 0) is 124 Å². The van der Waals surface area contributed by atoms with Crippen LogP contribution in [0.3, 0.4) is 0 Å². The third-order valence-corrected chi connectivity index (χ3v) is 12.1. The van der Waals surface area contributed by atoms with E-state index in [2.05, 4.69) is 254 Å². The van der Waals surface area contributed by atoms with Crippen LogP contribution in [0, 0.1) is 0 Å². The largest absolute Gasteiger partial charge is 0.310 e. The average molecular weight is 776 g/mol. The topological polar surface area (TPSA) is 3.24 Å². The third-order valence-electron chi connectivity index (χ3n) is 12.1. The Morgan fingerprint density at radius 2 is 0.639 bits per heavy atom. The van der Waals surface area contributed by atoms with E-state index < -0.39 is 0 Å². The van der Waals surface area contributed by atoms with Crippen molar-refractivity contribution < 1.29 is 0 Å². The van der Waals surface area contributed by atoms with Crippen molar-refractivity contribution in [2.75, 3.05) is 4.90 Å². The van der Waals surface area contributed by atoms with Gasteiger partial charge in [-0.1, -0.05) is 212 Å². The summed E-state index contributed by atoms with van der Waals surface area (Å²) in [4.78, 5) is 2.38. The van der Waals surface area contributed by atoms with Gasteiger partial charge < -0.3 is 4.90 Å². The van der Waals surface area contributed by atoms with Gasteiger partial charge in [-0.2, -0.15) is 0 Å². The van der Waals surface area contributed by atoms with Crippen LogP contribution in [0.5, 0.6) is 0 Å². The van der Waals surface area contributed by atoms with Crippen molar-refractivity contribution in [2.45, 2.75) is 0 Å². The molecule has 0 aliphatic rings. The molecule has 0 saturated carbocycles. The Bertz CT molecular complexity index is 3320. The molecule has 0 atom stereocenters. The van der Waals surface area contributed by atoms with E-state index in [9.17, 15) is 0 Å². The zero-order valence-corrected chi connectivity index (χ0v) is 33.6. The maximum atomic E-state index is 2.38. The van der Waals surface area contributed by atoms with Crippen LogP contribution in [0.15, 0.2) is 249 Å². The van der Waals surface area contributed by atoms with E-state index in [1.54, 1.807) is 0 Å². The Labute approximate surface area is 357 Å². The number of rotatable bonds is 8. The van der Waals surface area contributed by atoms with E-state index in [0.717, 1.165) is 17.1 Å². The van der Waals surface area contributed by atoms with Crippen molar-refractivity contribution in [3.05, 3.63) is 249 Å². The minimum Gasteiger partial charge on any atom is -0.310 e. The molecule has 0 amide bonds. The Morgan fingerprint density at radius 3 is 1.26 bits per heavy atom. The highest BCUT2D eigenvalue weighted by Gasteiger charge is 2.17. The zero-order valence-electron chi connectivity index (χ0n) is 33.6. The second kappa shape index (κ2) is 15.6. The van der Waals surface area contributed by atoms with Crippen LogP contribution in [0.2, 0.25) is 0 Å². The Kier molecular flexibility index (Phi) is 9.26. The molecule has 0 bridgehead atoms. The molecule has 1 nitrogen and oxygen atoms in total. The summed E-state index contributed by atoms with van der Waals surface area (Å²) in [5.74, 6) is 0. The standard InChI is InChI=1S/C60H41N/c1-2-16-49(17-3-1)60-58-24-9-6-15-46(58)35-40-59(60)48-33-38-52(39-34-48)61(53-21-10-20-50(41-53)57-26-12-19-45-14-5-8-23-55(45)57)51-36-31-43(32-37-51)42-27-29-47(30-28-42)56-25-11-18-44-13-4-7-22-54(44)56/h1-41H. The van der Waals surface area contributed by atoms with Crippen molar-refractivity contribution in [1.82, 2.24) is 0 Å². The molecule has 0 N–H and O–H groups in total.